The molecule has 6 heteroatoms. The summed E-state index contributed by atoms with van der Waals surface area (Å²) in [6, 6.07) is 7.68. The third-order valence-electron chi connectivity index (χ3n) is 5.90. The van der Waals surface area contributed by atoms with Crippen molar-refractivity contribution in [3.05, 3.63) is 29.8 Å². The minimum absolute atomic E-state index is 0.0404. The predicted octanol–water partition coefficient (Wildman–Crippen LogP) is 4.96. The SMILES string of the molecule is CCCCCCCCCCCC(=O)N(CC(=O)NCC(=O)Nc1ccc(C)cc1)C1CC1. The first-order valence-corrected chi connectivity index (χ1v) is 12.4. The third-order valence-corrected chi connectivity index (χ3v) is 5.90. The van der Waals surface area contributed by atoms with Gasteiger partial charge in [-0.15, -0.1) is 0 Å². The molecule has 1 aromatic rings. The summed E-state index contributed by atoms with van der Waals surface area (Å²) in [4.78, 5) is 38.7. The van der Waals surface area contributed by atoms with Crippen LogP contribution in [0.5, 0.6) is 0 Å². The number of rotatable bonds is 16. The molecule has 32 heavy (non-hydrogen) atoms. The van der Waals surface area contributed by atoms with E-state index in [0.29, 0.717) is 12.1 Å². The summed E-state index contributed by atoms with van der Waals surface area (Å²) in [6.45, 7) is 4.15. The summed E-state index contributed by atoms with van der Waals surface area (Å²) < 4.78 is 0. The van der Waals surface area contributed by atoms with Gasteiger partial charge >= 0.3 is 0 Å². The molecule has 6 nitrogen and oxygen atoms in total. The highest BCUT2D eigenvalue weighted by atomic mass is 16.2. The molecule has 0 unspecified atom stereocenters. The summed E-state index contributed by atoms with van der Waals surface area (Å²) in [5.41, 5.74) is 1.81. The zero-order valence-corrected chi connectivity index (χ0v) is 20.0. The van der Waals surface area contributed by atoms with E-state index in [1.54, 1.807) is 4.90 Å². The number of nitrogens with zero attached hydrogens (tertiary/aromatic N) is 1. The fraction of sp³-hybridized carbons (Fsp3) is 0.654. The van der Waals surface area contributed by atoms with Gasteiger partial charge < -0.3 is 15.5 Å². The quantitative estimate of drug-likeness (QED) is 0.354. The van der Waals surface area contributed by atoms with Crippen molar-refractivity contribution in [3.8, 4) is 0 Å². The van der Waals surface area contributed by atoms with E-state index in [2.05, 4.69) is 17.6 Å². The largest absolute Gasteiger partial charge is 0.345 e. The van der Waals surface area contributed by atoms with Crippen LogP contribution in [0.4, 0.5) is 5.69 Å². The average Bonchev–Trinajstić information content (AvgIpc) is 3.61. The van der Waals surface area contributed by atoms with E-state index in [-0.39, 0.29) is 36.9 Å². The second-order valence-corrected chi connectivity index (χ2v) is 9.02. The van der Waals surface area contributed by atoms with Crippen LogP contribution < -0.4 is 10.6 Å². The van der Waals surface area contributed by atoms with Gasteiger partial charge in [0.1, 0.15) is 0 Å². The maximum Gasteiger partial charge on any atom is 0.243 e. The first-order valence-electron chi connectivity index (χ1n) is 12.4. The van der Waals surface area contributed by atoms with Crippen LogP contribution in [-0.2, 0) is 14.4 Å². The Morgan fingerprint density at radius 1 is 0.875 bits per heavy atom. The van der Waals surface area contributed by atoms with Gasteiger partial charge in [-0.3, -0.25) is 14.4 Å². The predicted molar refractivity (Wildman–Crippen MR) is 129 cm³/mol. The van der Waals surface area contributed by atoms with Gasteiger partial charge in [-0.2, -0.15) is 0 Å². The van der Waals surface area contributed by atoms with E-state index >= 15 is 0 Å². The van der Waals surface area contributed by atoms with Crippen LogP contribution in [0.15, 0.2) is 24.3 Å². The number of carbonyl (C=O) groups is 3. The van der Waals surface area contributed by atoms with Crippen LogP contribution in [0, 0.1) is 6.92 Å². The number of benzene rings is 1. The van der Waals surface area contributed by atoms with Crippen molar-refractivity contribution < 1.29 is 14.4 Å². The number of aryl methyl sites for hydroxylation is 1. The van der Waals surface area contributed by atoms with Crippen LogP contribution in [-0.4, -0.2) is 41.8 Å². The van der Waals surface area contributed by atoms with Gasteiger partial charge in [-0.25, -0.2) is 0 Å². The smallest absolute Gasteiger partial charge is 0.243 e. The number of carbonyl (C=O) groups excluding carboxylic acids is 3. The minimum Gasteiger partial charge on any atom is -0.345 e. The molecule has 1 aliphatic carbocycles. The highest BCUT2D eigenvalue weighted by molar-refractivity contribution is 5.95. The monoisotopic (exact) mass is 443 g/mol. The second kappa shape index (κ2) is 14.6. The van der Waals surface area contributed by atoms with Crippen molar-refractivity contribution in [2.45, 2.75) is 96.9 Å². The summed E-state index contributed by atoms with van der Waals surface area (Å²) >= 11 is 0. The topological polar surface area (TPSA) is 78.5 Å². The van der Waals surface area contributed by atoms with E-state index in [1.165, 1.54) is 44.9 Å². The molecule has 1 fully saturated rings. The van der Waals surface area contributed by atoms with Gasteiger partial charge in [-0.1, -0.05) is 76.0 Å². The summed E-state index contributed by atoms with van der Waals surface area (Å²) in [5, 5.41) is 5.40. The van der Waals surface area contributed by atoms with E-state index in [9.17, 15) is 14.4 Å². The van der Waals surface area contributed by atoms with E-state index < -0.39 is 0 Å². The van der Waals surface area contributed by atoms with Crippen molar-refractivity contribution >= 4 is 23.4 Å². The van der Waals surface area contributed by atoms with Crippen LogP contribution in [0.2, 0.25) is 0 Å². The maximum atomic E-state index is 12.6. The fourth-order valence-corrected chi connectivity index (χ4v) is 3.77. The van der Waals surface area contributed by atoms with Crippen LogP contribution in [0.1, 0.15) is 89.5 Å². The molecule has 0 spiro atoms. The number of unbranched alkanes of at least 4 members (excludes halogenated alkanes) is 8. The molecular weight excluding hydrogens is 402 g/mol. The zero-order chi connectivity index (χ0) is 23.2. The lowest BCUT2D eigenvalue weighted by molar-refractivity contribution is -0.136. The number of hydrogen-bond donors (Lipinski definition) is 2. The Kier molecular flexibility index (Phi) is 11.8. The molecule has 0 radical (unpaired) electrons. The van der Waals surface area contributed by atoms with Crippen LogP contribution >= 0.6 is 0 Å². The Balaban J connectivity index is 1.61. The first-order chi connectivity index (χ1) is 15.5. The Morgan fingerprint density at radius 2 is 1.47 bits per heavy atom. The normalized spacial score (nSPS) is 12.9. The molecule has 1 aliphatic rings. The van der Waals surface area contributed by atoms with Gasteiger partial charge in [0.2, 0.25) is 17.7 Å². The standard InChI is InChI=1S/C26H41N3O3/c1-3-4-5-6-7-8-9-10-11-12-26(32)29(23-17-18-23)20-25(31)27-19-24(30)28-22-15-13-21(2)14-16-22/h13-16,23H,3-12,17-20H2,1-2H3,(H,27,31)(H,28,30). The molecule has 2 N–H and O–H groups in total. The molecule has 0 aromatic heterocycles. The molecule has 1 saturated carbocycles. The Hall–Kier alpha value is -2.37. The number of anilines is 1. The van der Waals surface area contributed by atoms with Gasteiger partial charge in [0.25, 0.3) is 0 Å². The summed E-state index contributed by atoms with van der Waals surface area (Å²) in [5.74, 6) is -0.493. The van der Waals surface area contributed by atoms with Crippen LogP contribution in [0.3, 0.4) is 0 Å². The molecule has 0 aliphatic heterocycles. The minimum atomic E-state index is -0.281. The van der Waals surface area contributed by atoms with Gasteiger partial charge in [0.15, 0.2) is 0 Å². The lowest BCUT2D eigenvalue weighted by Gasteiger charge is -2.22. The van der Waals surface area contributed by atoms with E-state index in [1.807, 2.05) is 31.2 Å². The zero-order valence-electron chi connectivity index (χ0n) is 20.0. The molecule has 0 bridgehead atoms. The van der Waals surface area contributed by atoms with Gasteiger partial charge in [0.05, 0.1) is 13.1 Å². The van der Waals surface area contributed by atoms with Gasteiger partial charge in [-0.05, 0) is 38.3 Å². The van der Waals surface area contributed by atoms with Crippen molar-refractivity contribution in [2.75, 3.05) is 18.4 Å². The summed E-state index contributed by atoms with van der Waals surface area (Å²) in [6.07, 6.45) is 13.4. The second-order valence-electron chi connectivity index (χ2n) is 9.02. The molecule has 1 aromatic carbocycles. The lowest BCUT2D eigenvalue weighted by atomic mass is 10.1. The average molecular weight is 444 g/mol. The Morgan fingerprint density at radius 3 is 2.06 bits per heavy atom. The molecular formula is C26H41N3O3. The van der Waals surface area contributed by atoms with Crippen molar-refractivity contribution in [1.29, 1.82) is 0 Å². The number of hydrogen-bond acceptors (Lipinski definition) is 3. The lowest BCUT2D eigenvalue weighted by Crippen LogP contribution is -2.43. The van der Waals surface area contributed by atoms with Crippen molar-refractivity contribution in [3.63, 3.8) is 0 Å². The molecule has 0 atom stereocenters. The highest BCUT2D eigenvalue weighted by Crippen LogP contribution is 2.27. The highest BCUT2D eigenvalue weighted by Gasteiger charge is 2.33. The number of amides is 3. The first kappa shape index (κ1) is 25.9. The van der Waals surface area contributed by atoms with E-state index in [0.717, 1.165) is 31.2 Å². The molecule has 178 valence electrons. The molecule has 0 heterocycles. The van der Waals surface area contributed by atoms with Crippen LogP contribution in [0.25, 0.3) is 0 Å². The summed E-state index contributed by atoms with van der Waals surface area (Å²) in [7, 11) is 0. The molecule has 3 amide bonds. The van der Waals surface area contributed by atoms with Crippen molar-refractivity contribution in [1.82, 2.24) is 10.2 Å². The Labute approximate surface area is 193 Å². The van der Waals surface area contributed by atoms with Crippen molar-refractivity contribution in [2.24, 2.45) is 0 Å². The molecule has 0 saturated heterocycles. The maximum absolute atomic E-state index is 12.6. The number of nitrogens with one attached hydrogen (secondary N) is 2. The van der Waals surface area contributed by atoms with Gasteiger partial charge in [0, 0.05) is 18.2 Å². The van der Waals surface area contributed by atoms with E-state index in [4.69, 9.17) is 0 Å². The molecule has 2 rings (SSSR count). The fourth-order valence-electron chi connectivity index (χ4n) is 3.77. The third kappa shape index (κ3) is 10.8. The Bertz CT molecular complexity index is 714.